The van der Waals surface area contributed by atoms with Crippen molar-refractivity contribution in [2.75, 3.05) is 13.7 Å². The summed E-state index contributed by atoms with van der Waals surface area (Å²) in [7, 11) is 1.70. The molecule has 0 heterocycles. The topological polar surface area (TPSA) is 30.5 Å². The number of hydroxylamine groups is 1. The van der Waals surface area contributed by atoms with E-state index in [4.69, 9.17) is 9.57 Å². The van der Waals surface area contributed by atoms with Crippen molar-refractivity contribution in [1.82, 2.24) is 5.48 Å². The molecule has 0 atom stereocenters. The number of rotatable bonds is 6. The third kappa shape index (κ3) is 3.46. The summed E-state index contributed by atoms with van der Waals surface area (Å²) in [6.07, 6.45) is 0. The zero-order chi connectivity index (χ0) is 13.7. The van der Waals surface area contributed by atoms with Crippen molar-refractivity contribution in [3.05, 3.63) is 42.0 Å². The predicted octanol–water partition coefficient (Wildman–Crippen LogP) is 3.53. The second kappa shape index (κ2) is 6.55. The van der Waals surface area contributed by atoms with Crippen molar-refractivity contribution >= 4 is 10.8 Å². The summed E-state index contributed by atoms with van der Waals surface area (Å²) in [6, 6.07) is 12.3. The average Bonchev–Trinajstić information content (AvgIpc) is 2.43. The molecule has 1 N–H and O–H groups in total. The lowest BCUT2D eigenvalue weighted by Gasteiger charge is -2.12. The summed E-state index contributed by atoms with van der Waals surface area (Å²) >= 11 is 0. The molecule has 2 aromatic rings. The fraction of sp³-hybridized carbons (Fsp3) is 0.375. The van der Waals surface area contributed by atoms with Gasteiger partial charge in [-0.05, 0) is 22.9 Å². The van der Waals surface area contributed by atoms with Crippen LogP contribution in [0.15, 0.2) is 36.4 Å². The van der Waals surface area contributed by atoms with Crippen LogP contribution in [-0.2, 0) is 11.4 Å². The highest BCUT2D eigenvalue weighted by molar-refractivity contribution is 5.91. The molecule has 3 heteroatoms. The van der Waals surface area contributed by atoms with Gasteiger partial charge in [0.15, 0.2) is 0 Å². The molecule has 0 aliphatic carbocycles. The summed E-state index contributed by atoms with van der Waals surface area (Å²) in [6.45, 7) is 5.67. The minimum absolute atomic E-state index is 0.528. The molecular formula is C16H21NO2. The maximum atomic E-state index is 5.42. The van der Waals surface area contributed by atoms with Crippen molar-refractivity contribution < 1.29 is 9.57 Å². The summed E-state index contributed by atoms with van der Waals surface area (Å²) in [4.78, 5) is 5.42. The number of ether oxygens (including phenoxy) is 1. The zero-order valence-electron chi connectivity index (χ0n) is 11.8. The number of hydrogen-bond acceptors (Lipinski definition) is 3. The second-order valence-corrected chi connectivity index (χ2v) is 5.00. The molecular weight excluding hydrogens is 238 g/mol. The Morgan fingerprint density at radius 2 is 1.79 bits per heavy atom. The molecule has 0 saturated carbocycles. The van der Waals surface area contributed by atoms with Gasteiger partial charge in [-0.15, -0.1) is 0 Å². The molecule has 0 aromatic heterocycles. The highest BCUT2D eigenvalue weighted by Gasteiger charge is 2.05. The minimum atomic E-state index is 0.528. The Bertz CT molecular complexity index is 537. The highest BCUT2D eigenvalue weighted by atomic mass is 16.6. The van der Waals surface area contributed by atoms with Crippen LogP contribution in [0.5, 0.6) is 5.75 Å². The molecule has 0 amide bonds. The van der Waals surface area contributed by atoms with Crippen molar-refractivity contribution in [2.24, 2.45) is 5.92 Å². The quantitative estimate of drug-likeness (QED) is 0.636. The third-order valence-corrected chi connectivity index (χ3v) is 2.98. The van der Waals surface area contributed by atoms with Gasteiger partial charge < -0.3 is 9.57 Å². The fourth-order valence-electron chi connectivity index (χ4n) is 2.02. The van der Waals surface area contributed by atoms with Crippen molar-refractivity contribution in [2.45, 2.75) is 20.4 Å². The van der Waals surface area contributed by atoms with E-state index < -0.39 is 0 Å². The molecule has 0 spiro atoms. The van der Waals surface area contributed by atoms with Crippen LogP contribution in [0.4, 0.5) is 0 Å². The lowest BCUT2D eigenvalue weighted by atomic mass is 10.0. The summed E-state index contributed by atoms with van der Waals surface area (Å²) < 4.78 is 5.39. The van der Waals surface area contributed by atoms with Gasteiger partial charge in [0.1, 0.15) is 5.75 Å². The first-order chi connectivity index (χ1) is 9.22. The van der Waals surface area contributed by atoms with E-state index in [-0.39, 0.29) is 0 Å². The van der Waals surface area contributed by atoms with Crippen molar-refractivity contribution in [1.29, 1.82) is 0 Å². The Kier molecular flexibility index (Phi) is 4.77. The van der Waals surface area contributed by atoms with E-state index in [9.17, 15) is 0 Å². The molecule has 2 aromatic carbocycles. The maximum Gasteiger partial charge on any atom is 0.126 e. The molecule has 0 fully saturated rings. The molecule has 0 radical (unpaired) electrons. The number of nitrogens with one attached hydrogen (secondary N) is 1. The number of benzene rings is 2. The lowest BCUT2D eigenvalue weighted by Crippen LogP contribution is -2.17. The molecule has 0 bridgehead atoms. The van der Waals surface area contributed by atoms with E-state index >= 15 is 0 Å². The monoisotopic (exact) mass is 259 g/mol. The van der Waals surface area contributed by atoms with Crippen LogP contribution in [0.25, 0.3) is 10.8 Å². The van der Waals surface area contributed by atoms with Gasteiger partial charge in [-0.2, -0.15) is 5.48 Å². The Hall–Kier alpha value is -1.58. The number of fused-ring (bicyclic) bond motifs is 1. The zero-order valence-corrected chi connectivity index (χ0v) is 11.8. The van der Waals surface area contributed by atoms with Gasteiger partial charge in [0.05, 0.1) is 13.7 Å². The first kappa shape index (κ1) is 13.8. The van der Waals surface area contributed by atoms with Gasteiger partial charge in [0.25, 0.3) is 0 Å². The van der Waals surface area contributed by atoms with Crippen LogP contribution < -0.4 is 10.2 Å². The van der Waals surface area contributed by atoms with E-state index in [0.717, 1.165) is 11.1 Å². The third-order valence-electron chi connectivity index (χ3n) is 2.98. The molecule has 0 unspecified atom stereocenters. The fourth-order valence-corrected chi connectivity index (χ4v) is 2.02. The van der Waals surface area contributed by atoms with Gasteiger partial charge >= 0.3 is 0 Å². The van der Waals surface area contributed by atoms with Crippen LogP contribution in [0.2, 0.25) is 0 Å². The van der Waals surface area contributed by atoms with E-state index in [1.54, 1.807) is 7.11 Å². The average molecular weight is 259 g/mol. The molecule has 2 rings (SSSR count). The normalized spacial score (nSPS) is 11.2. The standard InChI is InChI=1S/C16H21NO2/c1-12(2)11-19-17-10-13-8-9-16(18-3)15-7-5-4-6-14(13)15/h4-9,12,17H,10-11H2,1-3H3. The van der Waals surface area contributed by atoms with Gasteiger partial charge in [0, 0.05) is 11.9 Å². The largest absolute Gasteiger partial charge is 0.496 e. The summed E-state index contributed by atoms with van der Waals surface area (Å²) in [5, 5.41) is 2.33. The van der Waals surface area contributed by atoms with Crippen LogP contribution in [0, 0.1) is 5.92 Å². The second-order valence-electron chi connectivity index (χ2n) is 5.00. The Morgan fingerprint density at radius 3 is 2.47 bits per heavy atom. The summed E-state index contributed by atoms with van der Waals surface area (Å²) in [5.41, 5.74) is 4.23. The van der Waals surface area contributed by atoms with Crippen LogP contribution >= 0.6 is 0 Å². The van der Waals surface area contributed by atoms with Crippen molar-refractivity contribution in [3.63, 3.8) is 0 Å². The smallest absolute Gasteiger partial charge is 0.126 e. The molecule has 0 aliphatic rings. The Labute approximate surface area is 114 Å². The lowest BCUT2D eigenvalue weighted by molar-refractivity contribution is 0.0198. The van der Waals surface area contributed by atoms with E-state index in [0.29, 0.717) is 19.1 Å². The maximum absolute atomic E-state index is 5.42. The van der Waals surface area contributed by atoms with Crippen LogP contribution in [0.3, 0.4) is 0 Å². The van der Waals surface area contributed by atoms with E-state index in [2.05, 4.69) is 37.5 Å². The Morgan fingerprint density at radius 1 is 1.05 bits per heavy atom. The SMILES string of the molecule is COc1ccc(CNOCC(C)C)c2ccccc12. The molecule has 19 heavy (non-hydrogen) atoms. The van der Waals surface area contributed by atoms with Gasteiger partial charge in [-0.3, -0.25) is 0 Å². The highest BCUT2D eigenvalue weighted by Crippen LogP contribution is 2.28. The molecule has 3 nitrogen and oxygen atoms in total. The number of methoxy groups -OCH3 is 1. The summed E-state index contributed by atoms with van der Waals surface area (Å²) in [5.74, 6) is 1.43. The number of hydrogen-bond donors (Lipinski definition) is 1. The van der Waals surface area contributed by atoms with Gasteiger partial charge in [0.2, 0.25) is 0 Å². The first-order valence-corrected chi connectivity index (χ1v) is 6.61. The molecule has 0 aliphatic heterocycles. The van der Waals surface area contributed by atoms with Crippen molar-refractivity contribution in [3.8, 4) is 5.75 Å². The van der Waals surface area contributed by atoms with Gasteiger partial charge in [-0.25, -0.2) is 0 Å². The first-order valence-electron chi connectivity index (χ1n) is 6.61. The van der Waals surface area contributed by atoms with Gasteiger partial charge in [-0.1, -0.05) is 44.2 Å². The van der Waals surface area contributed by atoms with E-state index in [1.807, 2.05) is 18.2 Å². The molecule has 102 valence electrons. The molecule has 0 saturated heterocycles. The predicted molar refractivity (Wildman–Crippen MR) is 78.1 cm³/mol. The minimum Gasteiger partial charge on any atom is -0.496 e. The van der Waals surface area contributed by atoms with E-state index in [1.165, 1.54) is 10.9 Å². The van der Waals surface area contributed by atoms with Crippen LogP contribution in [0.1, 0.15) is 19.4 Å². The van der Waals surface area contributed by atoms with Crippen LogP contribution in [-0.4, -0.2) is 13.7 Å². The Balaban J connectivity index is 2.15.